The summed E-state index contributed by atoms with van der Waals surface area (Å²) in [7, 11) is 7.07. The molecule has 16 atom stereocenters. The van der Waals surface area contributed by atoms with E-state index < -0.39 is 82.1 Å². The predicted octanol–water partition coefficient (Wildman–Crippen LogP) is 5.24. The van der Waals surface area contributed by atoms with E-state index in [0.717, 1.165) is 77.2 Å². The number of benzene rings is 1. The molecule has 2 aromatic rings. The first kappa shape index (κ1) is 59.3. The van der Waals surface area contributed by atoms with Crippen molar-refractivity contribution in [2.24, 2.45) is 51.6 Å². The van der Waals surface area contributed by atoms with Gasteiger partial charge in [0.1, 0.15) is 23.9 Å². The topological polar surface area (TPSA) is 283 Å². The summed E-state index contributed by atoms with van der Waals surface area (Å²) in [6.07, 6.45) is 11.2. The summed E-state index contributed by atoms with van der Waals surface area (Å²) in [5.41, 5.74) is -0.699. The largest absolute Gasteiger partial charge is 0.485 e. The molecule has 2 saturated heterocycles. The minimum atomic E-state index is -2.51. The van der Waals surface area contributed by atoms with Gasteiger partial charge in [0.2, 0.25) is 12.0 Å². The number of allylic oxidation sites excluding steroid dienone is 1. The number of aliphatic imine (C=N–C) groups is 1. The Hall–Kier alpha value is -2.86. The number of carbonyl (C=O) groups excluding carboxylic acids is 1. The van der Waals surface area contributed by atoms with Crippen LogP contribution in [0, 0.1) is 40.9 Å². The van der Waals surface area contributed by atoms with Crippen molar-refractivity contribution >= 4 is 44.5 Å². The quantitative estimate of drug-likeness (QED) is 0.0451. The zero-order valence-corrected chi connectivity index (χ0v) is 48.5. The molecule has 10 rings (SSSR count). The molecule has 3 spiro atoms. The summed E-state index contributed by atoms with van der Waals surface area (Å²) in [6, 6.07) is 3.73. The Morgan fingerprint density at radius 2 is 1.81 bits per heavy atom. The fourth-order valence-electron chi connectivity index (χ4n) is 16.7. The molecule has 442 valence electrons. The number of guanidine groups is 1. The van der Waals surface area contributed by atoms with Crippen LogP contribution < -0.4 is 31.2 Å². The third-order valence-corrected chi connectivity index (χ3v) is 24.2. The maximum Gasteiger partial charge on any atom is 0.306 e. The van der Waals surface area contributed by atoms with Gasteiger partial charge in [0, 0.05) is 66.4 Å². The maximum atomic E-state index is 13.8. The van der Waals surface area contributed by atoms with Crippen LogP contribution >= 0.6 is 21.6 Å². The van der Waals surface area contributed by atoms with E-state index >= 15 is 0 Å². The molecule has 0 radical (unpaired) electrons. The number of aliphatic hydroxyl groups excluding tert-OH is 4. The average Bonchev–Trinajstić information content (AvgIpc) is 4.20. The Morgan fingerprint density at radius 3 is 2.57 bits per heavy atom. The monoisotopic (exact) mass is 1140 g/mol. The molecule has 18 nitrogen and oxygen atoms in total. The number of fused-ring (bicyclic) bond motifs is 11. The van der Waals surface area contributed by atoms with E-state index in [4.69, 9.17) is 29.1 Å². The van der Waals surface area contributed by atoms with Gasteiger partial charge in [0.25, 0.3) is 0 Å². The van der Waals surface area contributed by atoms with Gasteiger partial charge in [-0.15, -0.1) is 0 Å². The zero-order valence-electron chi connectivity index (χ0n) is 46.9. The number of furan rings is 1. The van der Waals surface area contributed by atoms with E-state index in [9.17, 15) is 40.5 Å². The smallest absolute Gasteiger partial charge is 0.306 e. The molecule has 5 aliphatic carbocycles. The Morgan fingerprint density at radius 1 is 1.00 bits per heavy atom. The van der Waals surface area contributed by atoms with Gasteiger partial charge in [0.05, 0.1) is 30.7 Å². The van der Waals surface area contributed by atoms with Gasteiger partial charge in [-0.1, -0.05) is 53.5 Å². The second kappa shape index (κ2) is 24.0. The van der Waals surface area contributed by atoms with Crippen molar-refractivity contribution in [2.75, 3.05) is 52.8 Å². The van der Waals surface area contributed by atoms with E-state index in [-0.39, 0.29) is 85.5 Å². The van der Waals surface area contributed by atoms with Crippen molar-refractivity contribution in [2.45, 2.75) is 200 Å². The molecule has 1 aromatic carbocycles. The third kappa shape index (κ3) is 10.9. The second-order valence-electron chi connectivity index (χ2n) is 25.3. The molecular weight excluding hydrogens is 1050 g/mol. The fraction of sp³-hybridized carbons (Fsp3) is 0.797. The van der Waals surface area contributed by atoms with E-state index in [1.54, 1.807) is 49.2 Å². The van der Waals surface area contributed by atoms with Crippen LogP contribution in [0.3, 0.4) is 0 Å². The van der Waals surface area contributed by atoms with E-state index in [1.807, 2.05) is 23.9 Å². The summed E-state index contributed by atoms with van der Waals surface area (Å²) in [6.45, 7) is 5.17. The van der Waals surface area contributed by atoms with Gasteiger partial charge in [-0.05, 0) is 170 Å². The molecule has 6 fully saturated rings. The zero-order chi connectivity index (χ0) is 56.0. The van der Waals surface area contributed by atoms with Gasteiger partial charge in [-0.3, -0.25) is 9.79 Å². The van der Waals surface area contributed by atoms with Crippen molar-refractivity contribution < 1.29 is 63.9 Å². The van der Waals surface area contributed by atoms with E-state index in [1.165, 1.54) is 0 Å². The Labute approximate surface area is 473 Å². The summed E-state index contributed by atoms with van der Waals surface area (Å²) < 4.78 is 32.6. The number of hydrogen-bond donors (Lipinski definition) is 11. The molecule has 12 N–H and O–H groups in total. The Bertz CT molecular complexity index is 2500. The predicted molar refractivity (Wildman–Crippen MR) is 304 cm³/mol. The van der Waals surface area contributed by atoms with Crippen LogP contribution in [0.15, 0.2) is 40.0 Å². The van der Waals surface area contributed by atoms with Crippen molar-refractivity contribution in [1.82, 2.24) is 16.0 Å². The SMILES string of the molecule is CCOC(=O)CCc1cc2ccoc2c2c1OC1OC3(CSSC4(CCC5(CCC(CNC)C5)C4CCC4(O)CCC(NC(N)=NC)CC4)C(CCC(C)CCCC3O)NCCO2)C2(O)CC3C=CC(O)C(CO)C3C1(O)C2O. The number of hydrogen-bond acceptors (Lipinski definition) is 18. The lowest BCUT2D eigenvalue weighted by atomic mass is 9.50. The first-order valence-corrected chi connectivity index (χ1v) is 32.1. The Kier molecular flexibility index (Phi) is 18.0. The van der Waals surface area contributed by atoms with Crippen LogP contribution in [0.5, 0.6) is 11.5 Å². The number of nitrogens with zero attached hydrogens (tertiary/aromatic N) is 1. The second-order valence-corrected chi connectivity index (χ2v) is 27.9. The standard InChI is InChI=1S/C59H91N5O13S2/c1-5-73-46(68)14-11-37-29-38-19-27-74-48(38)50-49(37)76-52-59(72)47-39(10-12-42(66)41(47)33-65)31-57(71,51(59)69)58(77-52)34-78-79-56(44(63-26-28-75-50)13-9-35(2)7-6-8-45(58)67)25-24-54(20-15-36(30-54)32-61-3)43(56)18-23-55(70)21-16-40(17-22-55)64-53(60)62-4/h10,12,19,27,29,35-36,39-45,47,51-52,61,63,65-67,69-72H,5-9,11,13-18,20-26,28,30-34H2,1-4H3,(H3,60,62,64). The highest BCUT2D eigenvalue weighted by Gasteiger charge is 2.78. The minimum absolute atomic E-state index is 0.0131. The van der Waals surface area contributed by atoms with Crippen molar-refractivity contribution in [3.8, 4) is 11.5 Å². The fourth-order valence-corrected chi connectivity index (χ4v) is 21.0. The molecule has 79 heavy (non-hydrogen) atoms. The van der Waals surface area contributed by atoms with Gasteiger partial charge < -0.3 is 80.8 Å². The molecule has 8 aliphatic rings. The van der Waals surface area contributed by atoms with E-state index in [2.05, 4.69) is 27.9 Å². The van der Waals surface area contributed by atoms with Crippen molar-refractivity contribution in [3.05, 3.63) is 36.1 Å². The van der Waals surface area contributed by atoms with Crippen molar-refractivity contribution in [1.29, 1.82) is 0 Å². The number of carbonyl (C=O) groups is 1. The van der Waals surface area contributed by atoms with Crippen LogP contribution in [0.4, 0.5) is 0 Å². The van der Waals surface area contributed by atoms with Crippen molar-refractivity contribution in [3.63, 3.8) is 0 Å². The van der Waals surface area contributed by atoms with Gasteiger partial charge in [0.15, 0.2) is 22.9 Å². The molecule has 5 bridgehead atoms. The van der Waals surface area contributed by atoms with Crippen LogP contribution in [-0.2, 0) is 20.7 Å². The number of nitrogens with two attached hydrogens (primary N) is 1. The third-order valence-electron chi connectivity index (χ3n) is 20.9. The summed E-state index contributed by atoms with van der Waals surface area (Å²) in [5, 5.41) is 101. The molecular formula is C59H91N5O13S2. The molecule has 0 amide bonds. The summed E-state index contributed by atoms with van der Waals surface area (Å²) in [5.74, 6) is -1.66. The first-order valence-electron chi connectivity index (χ1n) is 29.8. The van der Waals surface area contributed by atoms with E-state index in [0.29, 0.717) is 60.6 Å². The van der Waals surface area contributed by atoms with Crippen LogP contribution in [0.1, 0.15) is 135 Å². The molecule has 3 aliphatic heterocycles. The number of esters is 1. The number of rotatable bonds is 11. The first-order chi connectivity index (χ1) is 37.9. The lowest BCUT2D eigenvalue weighted by Crippen LogP contribution is -2.86. The summed E-state index contributed by atoms with van der Waals surface area (Å²) in [4.78, 5) is 17.2. The Balaban J connectivity index is 1.13. The molecule has 16 unspecified atom stereocenters. The molecule has 4 saturated carbocycles. The molecule has 20 heteroatoms. The van der Waals surface area contributed by atoms with Crippen LogP contribution in [0.2, 0.25) is 0 Å². The van der Waals surface area contributed by atoms with Gasteiger partial charge in [-0.25, -0.2) is 0 Å². The maximum absolute atomic E-state index is 13.8. The highest BCUT2D eigenvalue weighted by molar-refractivity contribution is 8.77. The number of nitrogens with one attached hydrogen (secondary N) is 3. The van der Waals surface area contributed by atoms with Gasteiger partial charge in [-0.2, -0.15) is 0 Å². The highest BCUT2D eigenvalue weighted by atomic mass is 33.1. The lowest BCUT2D eigenvalue weighted by molar-refractivity contribution is -0.424. The van der Waals surface area contributed by atoms with Gasteiger partial charge >= 0.3 is 5.97 Å². The number of ether oxygens (including phenoxy) is 4. The van der Waals surface area contributed by atoms with Crippen LogP contribution in [-0.4, -0.2) is 164 Å². The highest BCUT2D eigenvalue weighted by Crippen LogP contribution is 2.69. The normalized spacial score (nSPS) is 42.8. The van der Waals surface area contributed by atoms with Crippen LogP contribution in [0.25, 0.3) is 11.0 Å². The molecule has 1 aromatic heterocycles. The lowest BCUT2D eigenvalue weighted by Gasteiger charge is -2.67. The summed E-state index contributed by atoms with van der Waals surface area (Å²) >= 11 is 0. The number of aliphatic hydroxyl groups is 7. The molecule has 4 heterocycles. The number of aryl methyl sites for hydroxylation is 1. The minimum Gasteiger partial charge on any atom is -0.485 e. The average molecular weight is 1140 g/mol.